The highest BCUT2D eigenvalue weighted by atomic mass is 19.2. The molecule has 0 spiro atoms. The third-order valence-electron chi connectivity index (χ3n) is 6.05. The number of aryl methyl sites for hydroxylation is 1. The Morgan fingerprint density at radius 2 is 1.73 bits per heavy atom. The zero-order valence-electron chi connectivity index (χ0n) is 17.9. The molecule has 1 aliphatic carbocycles. The summed E-state index contributed by atoms with van der Waals surface area (Å²) < 4.78 is 48.0. The van der Waals surface area contributed by atoms with Crippen molar-refractivity contribution >= 4 is 6.08 Å². The van der Waals surface area contributed by atoms with E-state index in [2.05, 4.69) is 6.92 Å². The van der Waals surface area contributed by atoms with Gasteiger partial charge in [-0.3, -0.25) is 0 Å². The van der Waals surface area contributed by atoms with Crippen LogP contribution in [0.1, 0.15) is 74.5 Å². The first-order valence-electron chi connectivity index (χ1n) is 11.0. The predicted octanol–water partition coefficient (Wildman–Crippen LogP) is 7.97. The van der Waals surface area contributed by atoms with Crippen LogP contribution in [0.5, 0.6) is 5.75 Å². The van der Waals surface area contributed by atoms with Gasteiger partial charge in [0.15, 0.2) is 11.6 Å². The Morgan fingerprint density at radius 3 is 2.43 bits per heavy atom. The van der Waals surface area contributed by atoms with E-state index in [1.807, 2.05) is 18.2 Å². The number of hydrogen-bond acceptors (Lipinski definition) is 1. The predicted molar refractivity (Wildman–Crippen MR) is 116 cm³/mol. The molecule has 0 bridgehead atoms. The molecule has 0 radical (unpaired) electrons. The van der Waals surface area contributed by atoms with Gasteiger partial charge >= 0.3 is 0 Å². The average Bonchev–Trinajstić information content (AvgIpc) is 2.75. The largest absolute Gasteiger partial charge is 0.493 e. The Kier molecular flexibility index (Phi) is 8.01. The molecule has 162 valence electrons. The lowest BCUT2D eigenvalue weighted by molar-refractivity contribution is 0.304. The highest BCUT2D eigenvalue weighted by Crippen LogP contribution is 2.38. The summed E-state index contributed by atoms with van der Waals surface area (Å²) in [5.74, 6) is -0.685. The van der Waals surface area contributed by atoms with E-state index in [0.29, 0.717) is 23.8 Å². The van der Waals surface area contributed by atoms with E-state index in [9.17, 15) is 13.2 Å². The Morgan fingerprint density at radius 1 is 0.967 bits per heavy atom. The lowest BCUT2D eigenvalue weighted by Gasteiger charge is -2.27. The third kappa shape index (κ3) is 5.68. The summed E-state index contributed by atoms with van der Waals surface area (Å²) in [5, 5.41) is 0. The van der Waals surface area contributed by atoms with E-state index >= 15 is 0 Å². The number of benzene rings is 2. The van der Waals surface area contributed by atoms with Crippen LogP contribution < -0.4 is 4.74 Å². The van der Waals surface area contributed by atoms with Crippen molar-refractivity contribution in [2.24, 2.45) is 5.92 Å². The number of hydrogen-bond donors (Lipinski definition) is 0. The van der Waals surface area contributed by atoms with E-state index < -0.39 is 11.6 Å². The van der Waals surface area contributed by atoms with Gasteiger partial charge in [0.25, 0.3) is 0 Å². The van der Waals surface area contributed by atoms with E-state index in [-0.39, 0.29) is 17.3 Å². The summed E-state index contributed by atoms with van der Waals surface area (Å²) >= 11 is 0. The zero-order valence-corrected chi connectivity index (χ0v) is 17.9. The van der Waals surface area contributed by atoms with Crippen molar-refractivity contribution in [2.75, 3.05) is 6.61 Å². The van der Waals surface area contributed by atoms with Gasteiger partial charge in [0.05, 0.1) is 6.61 Å². The van der Waals surface area contributed by atoms with Gasteiger partial charge in [0, 0.05) is 11.6 Å². The number of rotatable bonds is 8. The molecule has 1 aliphatic rings. The summed E-state index contributed by atoms with van der Waals surface area (Å²) in [6.07, 6.45) is 10.4. The molecule has 0 heterocycles. The molecular weight excluding hydrogens is 385 g/mol. The normalized spacial score (nSPS) is 19.4. The molecule has 0 N–H and O–H groups in total. The van der Waals surface area contributed by atoms with Gasteiger partial charge in [0.1, 0.15) is 11.6 Å². The maximum atomic E-state index is 14.6. The fourth-order valence-electron chi connectivity index (χ4n) is 4.12. The molecule has 1 fully saturated rings. The van der Waals surface area contributed by atoms with E-state index in [1.165, 1.54) is 6.07 Å². The average molecular weight is 417 g/mol. The van der Waals surface area contributed by atoms with Gasteiger partial charge in [-0.2, -0.15) is 0 Å². The lowest BCUT2D eigenvalue weighted by atomic mass is 9.78. The van der Waals surface area contributed by atoms with Crippen LogP contribution in [0.15, 0.2) is 36.4 Å². The fraction of sp³-hybridized carbons (Fsp3) is 0.462. The van der Waals surface area contributed by atoms with Gasteiger partial charge in [-0.15, -0.1) is 0 Å². The van der Waals surface area contributed by atoms with Gasteiger partial charge in [-0.05, 0) is 68.1 Å². The molecule has 0 saturated heterocycles. The highest BCUT2D eigenvalue weighted by molar-refractivity contribution is 5.51. The molecule has 1 nitrogen and oxygen atoms in total. The van der Waals surface area contributed by atoms with Crippen LogP contribution in [0.25, 0.3) is 6.08 Å². The van der Waals surface area contributed by atoms with Crippen LogP contribution in [0.3, 0.4) is 0 Å². The van der Waals surface area contributed by atoms with Crippen molar-refractivity contribution in [2.45, 2.75) is 64.7 Å². The molecule has 3 rings (SSSR count). The molecule has 30 heavy (non-hydrogen) atoms. The van der Waals surface area contributed by atoms with E-state index in [1.54, 1.807) is 25.1 Å². The SMILES string of the molecule is CCCCCOc1ccc(C2CCC(/C=C/c3ccc(C)c(F)c3F)CC2)c(F)c1. The first-order chi connectivity index (χ1) is 14.5. The second-order valence-electron chi connectivity index (χ2n) is 8.31. The van der Waals surface area contributed by atoms with Crippen molar-refractivity contribution < 1.29 is 17.9 Å². The second kappa shape index (κ2) is 10.7. The Labute approximate surface area is 178 Å². The third-order valence-corrected chi connectivity index (χ3v) is 6.05. The summed E-state index contributed by atoms with van der Waals surface area (Å²) in [7, 11) is 0. The maximum Gasteiger partial charge on any atom is 0.166 e. The van der Waals surface area contributed by atoms with Crippen molar-refractivity contribution in [3.8, 4) is 5.75 Å². The van der Waals surface area contributed by atoms with Gasteiger partial charge in [0.2, 0.25) is 0 Å². The molecule has 4 heteroatoms. The van der Waals surface area contributed by atoms with Crippen LogP contribution in [-0.2, 0) is 0 Å². The Hall–Kier alpha value is -2.23. The standard InChI is InChI=1S/C26H31F3O/c1-3-4-5-16-30-22-14-15-23(24(27)17-22)20-11-7-19(8-12-20)9-13-21-10-6-18(2)25(28)26(21)29/h6,9-10,13-15,17,19-20H,3-5,7-8,11-12,16H2,1-2H3/b13-9+. The first kappa shape index (κ1) is 22.5. The van der Waals surface area contributed by atoms with Gasteiger partial charge in [-0.25, -0.2) is 13.2 Å². The van der Waals surface area contributed by atoms with Gasteiger partial charge < -0.3 is 4.74 Å². The highest BCUT2D eigenvalue weighted by Gasteiger charge is 2.23. The summed E-state index contributed by atoms with van der Waals surface area (Å²) in [5.41, 5.74) is 1.34. The minimum absolute atomic E-state index is 0.192. The second-order valence-corrected chi connectivity index (χ2v) is 8.31. The fourth-order valence-corrected chi connectivity index (χ4v) is 4.12. The molecule has 0 atom stereocenters. The number of allylic oxidation sites excluding steroid dienone is 1. The lowest BCUT2D eigenvalue weighted by Crippen LogP contribution is -2.13. The summed E-state index contributed by atoms with van der Waals surface area (Å²) in [6, 6.07) is 8.43. The minimum atomic E-state index is -0.793. The van der Waals surface area contributed by atoms with Crippen molar-refractivity contribution in [3.63, 3.8) is 0 Å². The molecule has 2 aromatic rings. The zero-order chi connectivity index (χ0) is 21.5. The van der Waals surface area contributed by atoms with E-state index in [4.69, 9.17) is 4.74 Å². The van der Waals surface area contributed by atoms with Crippen molar-refractivity contribution in [3.05, 3.63) is 70.5 Å². The molecule has 0 unspecified atom stereocenters. The minimum Gasteiger partial charge on any atom is -0.493 e. The van der Waals surface area contributed by atoms with Crippen LogP contribution in [0.4, 0.5) is 13.2 Å². The quantitative estimate of drug-likeness (QED) is 0.397. The first-order valence-corrected chi connectivity index (χ1v) is 11.0. The van der Waals surface area contributed by atoms with Crippen LogP contribution in [0.2, 0.25) is 0 Å². The molecule has 2 aromatic carbocycles. The monoisotopic (exact) mass is 416 g/mol. The topological polar surface area (TPSA) is 9.23 Å². The smallest absolute Gasteiger partial charge is 0.166 e. The number of halogens is 3. The van der Waals surface area contributed by atoms with Crippen molar-refractivity contribution in [1.82, 2.24) is 0 Å². The molecule has 0 amide bonds. The van der Waals surface area contributed by atoms with Crippen LogP contribution in [0, 0.1) is 30.3 Å². The molecule has 0 aliphatic heterocycles. The number of ether oxygens (including phenoxy) is 1. The summed E-state index contributed by atoms with van der Waals surface area (Å²) in [6.45, 7) is 4.31. The summed E-state index contributed by atoms with van der Waals surface area (Å²) in [4.78, 5) is 0. The molecular formula is C26H31F3O. The molecule has 0 aromatic heterocycles. The van der Waals surface area contributed by atoms with Crippen LogP contribution >= 0.6 is 0 Å². The van der Waals surface area contributed by atoms with Crippen LogP contribution in [-0.4, -0.2) is 6.61 Å². The molecule has 1 saturated carbocycles. The van der Waals surface area contributed by atoms with Gasteiger partial charge in [-0.1, -0.05) is 50.1 Å². The maximum absolute atomic E-state index is 14.6. The Balaban J connectivity index is 1.54. The number of unbranched alkanes of at least 4 members (excludes halogenated alkanes) is 2. The van der Waals surface area contributed by atoms with Crippen molar-refractivity contribution in [1.29, 1.82) is 0 Å². The van der Waals surface area contributed by atoms with E-state index in [0.717, 1.165) is 50.5 Å². The Bertz CT molecular complexity index is 867.